The van der Waals surface area contributed by atoms with Crippen LogP contribution in [-0.4, -0.2) is 11.7 Å². The smallest absolute Gasteiger partial charge is 0.127 e. The van der Waals surface area contributed by atoms with E-state index in [-0.39, 0.29) is 12.6 Å². The van der Waals surface area contributed by atoms with Gasteiger partial charge in [-0.2, -0.15) is 0 Å². The number of rotatable bonds is 3. The van der Waals surface area contributed by atoms with Crippen LogP contribution < -0.4 is 10.1 Å². The molecule has 0 aliphatic carbocycles. The zero-order valence-electron chi connectivity index (χ0n) is 12.3. The van der Waals surface area contributed by atoms with Crippen molar-refractivity contribution in [2.75, 3.05) is 11.9 Å². The summed E-state index contributed by atoms with van der Waals surface area (Å²) >= 11 is 0. The molecule has 21 heavy (non-hydrogen) atoms. The van der Waals surface area contributed by atoms with Crippen molar-refractivity contribution < 1.29 is 9.84 Å². The molecule has 0 amide bonds. The van der Waals surface area contributed by atoms with Gasteiger partial charge in [-0.05, 0) is 43.0 Å². The number of aryl methyl sites for hydroxylation is 1. The highest BCUT2D eigenvalue weighted by Gasteiger charge is 2.20. The number of ether oxygens (including phenoxy) is 1. The summed E-state index contributed by atoms with van der Waals surface area (Å²) in [5, 5.41) is 12.7. The fourth-order valence-corrected chi connectivity index (χ4v) is 2.82. The molecule has 2 aromatic carbocycles. The minimum atomic E-state index is 0.0829. The van der Waals surface area contributed by atoms with E-state index in [1.807, 2.05) is 24.3 Å². The number of fused-ring (bicyclic) bond motifs is 1. The molecule has 3 nitrogen and oxygen atoms in total. The van der Waals surface area contributed by atoms with Gasteiger partial charge in [0.25, 0.3) is 0 Å². The SMILES string of the molecule is Cc1cccc2c1OCCCC2Nc1ccc(CO)cc1. The van der Waals surface area contributed by atoms with Gasteiger partial charge in [-0.25, -0.2) is 0 Å². The molecule has 0 radical (unpaired) electrons. The third-order valence-corrected chi connectivity index (χ3v) is 3.98. The van der Waals surface area contributed by atoms with Gasteiger partial charge in [0.1, 0.15) is 5.75 Å². The molecule has 3 heteroatoms. The quantitative estimate of drug-likeness (QED) is 0.900. The lowest BCUT2D eigenvalue weighted by molar-refractivity contribution is 0.282. The first-order valence-electron chi connectivity index (χ1n) is 7.46. The summed E-state index contributed by atoms with van der Waals surface area (Å²) in [6.45, 7) is 2.95. The highest BCUT2D eigenvalue weighted by molar-refractivity contribution is 5.50. The van der Waals surface area contributed by atoms with Gasteiger partial charge in [0.15, 0.2) is 0 Å². The first-order valence-corrected chi connectivity index (χ1v) is 7.46. The number of aliphatic hydroxyl groups excluding tert-OH is 1. The van der Waals surface area contributed by atoms with Crippen LogP contribution in [0.15, 0.2) is 42.5 Å². The minimum absolute atomic E-state index is 0.0829. The molecule has 1 aliphatic rings. The maximum atomic E-state index is 9.11. The summed E-state index contributed by atoms with van der Waals surface area (Å²) in [4.78, 5) is 0. The van der Waals surface area contributed by atoms with E-state index in [2.05, 4.69) is 30.4 Å². The molecule has 1 atom stereocenters. The van der Waals surface area contributed by atoms with Gasteiger partial charge < -0.3 is 15.2 Å². The number of aliphatic hydroxyl groups is 1. The molecule has 110 valence electrons. The summed E-state index contributed by atoms with van der Waals surface area (Å²) in [7, 11) is 0. The zero-order valence-corrected chi connectivity index (χ0v) is 12.3. The third kappa shape index (κ3) is 3.03. The van der Waals surface area contributed by atoms with Crippen molar-refractivity contribution in [3.05, 3.63) is 59.2 Å². The van der Waals surface area contributed by atoms with Crippen molar-refractivity contribution in [3.63, 3.8) is 0 Å². The second-order valence-corrected chi connectivity index (χ2v) is 5.54. The molecular weight excluding hydrogens is 262 g/mol. The van der Waals surface area contributed by atoms with E-state index in [9.17, 15) is 0 Å². The standard InChI is InChI=1S/C18H21NO2/c1-13-4-2-5-16-17(6-3-11-21-18(13)16)19-15-9-7-14(12-20)8-10-15/h2,4-5,7-10,17,19-20H,3,6,11-12H2,1H3. The number of nitrogens with one attached hydrogen (secondary N) is 1. The average molecular weight is 283 g/mol. The summed E-state index contributed by atoms with van der Waals surface area (Å²) in [5.41, 5.74) is 4.43. The van der Waals surface area contributed by atoms with E-state index in [4.69, 9.17) is 9.84 Å². The van der Waals surface area contributed by atoms with Crippen LogP contribution in [0.25, 0.3) is 0 Å². The van der Waals surface area contributed by atoms with Crippen LogP contribution in [0.1, 0.15) is 35.6 Å². The topological polar surface area (TPSA) is 41.5 Å². The van der Waals surface area contributed by atoms with Crippen LogP contribution in [0.4, 0.5) is 5.69 Å². The number of hydrogen-bond acceptors (Lipinski definition) is 3. The van der Waals surface area contributed by atoms with E-state index in [1.165, 1.54) is 11.1 Å². The lowest BCUT2D eigenvalue weighted by Gasteiger charge is -2.20. The van der Waals surface area contributed by atoms with Gasteiger partial charge in [0, 0.05) is 11.3 Å². The number of anilines is 1. The zero-order chi connectivity index (χ0) is 14.7. The Hall–Kier alpha value is -2.00. The molecule has 3 rings (SSSR count). The Morgan fingerprint density at radius 3 is 2.76 bits per heavy atom. The molecule has 2 N–H and O–H groups in total. The second kappa shape index (κ2) is 6.19. The fourth-order valence-electron chi connectivity index (χ4n) is 2.82. The Labute approximate surface area is 125 Å². The van der Waals surface area contributed by atoms with E-state index < -0.39 is 0 Å². The summed E-state index contributed by atoms with van der Waals surface area (Å²) in [5.74, 6) is 1.03. The normalized spacial score (nSPS) is 17.5. The highest BCUT2D eigenvalue weighted by Crippen LogP contribution is 2.35. The highest BCUT2D eigenvalue weighted by atomic mass is 16.5. The van der Waals surface area contributed by atoms with Gasteiger partial charge in [0.05, 0.1) is 19.3 Å². The molecule has 1 unspecified atom stereocenters. The molecule has 0 aromatic heterocycles. The molecule has 1 heterocycles. The molecular formula is C18H21NO2. The molecule has 0 saturated heterocycles. The Balaban J connectivity index is 1.86. The maximum Gasteiger partial charge on any atom is 0.127 e. The Bertz CT molecular complexity index is 607. The van der Waals surface area contributed by atoms with Crippen molar-refractivity contribution in [2.24, 2.45) is 0 Å². The lowest BCUT2D eigenvalue weighted by Crippen LogP contribution is -2.10. The predicted octanol–water partition coefficient (Wildman–Crippen LogP) is 3.81. The van der Waals surface area contributed by atoms with Gasteiger partial charge in [0.2, 0.25) is 0 Å². The first kappa shape index (κ1) is 14.0. The van der Waals surface area contributed by atoms with Gasteiger partial charge in [-0.3, -0.25) is 0 Å². The molecule has 1 aliphatic heterocycles. The van der Waals surface area contributed by atoms with E-state index >= 15 is 0 Å². The summed E-state index contributed by atoms with van der Waals surface area (Å²) in [6.07, 6.45) is 2.10. The fraction of sp³-hybridized carbons (Fsp3) is 0.333. The average Bonchev–Trinajstić information content (AvgIpc) is 2.72. The molecule has 0 saturated carbocycles. The van der Waals surface area contributed by atoms with Crippen LogP contribution in [-0.2, 0) is 6.61 Å². The van der Waals surface area contributed by atoms with Gasteiger partial charge >= 0.3 is 0 Å². The third-order valence-electron chi connectivity index (χ3n) is 3.98. The van der Waals surface area contributed by atoms with Crippen LogP contribution in [0.2, 0.25) is 0 Å². The Morgan fingerprint density at radius 2 is 2.00 bits per heavy atom. The van der Waals surface area contributed by atoms with Crippen molar-refractivity contribution in [3.8, 4) is 5.75 Å². The minimum Gasteiger partial charge on any atom is -0.493 e. The lowest BCUT2D eigenvalue weighted by atomic mass is 9.99. The second-order valence-electron chi connectivity index (χ2n) is 5.54. The van der Waals surface area contributed by atoms with Crippen molar-refractivity contribution in [1.29, 1.82) is 0 Å². The summed E-state index contributed by atoms with van der Waals surface area (Å²) < 4.78 is 5.91. The predicted molar refractivity (Wildman–Crippen MR) is 84.6 cm³/mol. The molecule has 0 fully saturated rings. The van der Waals surface area contributed by atoms with Crippen LogP contribution >= 0.6 is 0 Å². The van der Waals surface area contributed by atoms with Crippen molar-refractivity contribution in [2.45, 2.75) is 32.4 Å². The van der Waals surface area contributed by atoms with Crippen LogP contribution in [0, 0.1) is 6.92 Å². The Morgan fingerprint density at radius 1 is 1.19 bits per heavy atom. The number of benzene rings is 2. The van der Waals surface area contributed by atoms with Gasteiger partial charge in [-0.15, -0.1) is 0 Å². The first-order chi connectivity index (χ1) is 10.3. The Kier molecular flexibility index (Phi) is 4.11. The number of hydrogen-bond donors (Lipinski definition) is 2. The molecule has 0 bridgehead atoms. The summed E-state index contributed by atoms with van der Waals surface area (Å²) in [6, 6.07) is 14.5. The van der Waals surface area contributed by atoms with Crippen LogP contribution in [0.5, 0.6) is 5.75 Å². The monoisotopic (exact) mass is 283 g/mol. The number of para-hydroxylation sites is 1. The maximum absolute atomic E-state index is 9.11. The molecule has 0 spiro atoms. The van der Waals surface area contributed by atoms with Gasteiger partial charge in [-0.1, -0.05) is 30.3 Å². The van der Waals surface area contributed by atoms with E-state index in [0.717, 1.165) is 36.4 Å². The van der Waals surface area contributed by atoms with E-state index in [0.29, 0.717) is 0 Å². The van der Waals surface area contributed by atoms with Crippen LogP contribution in [0.3, 0.4) is 0 Å². The van der Waals surface area contributed by atoms with E-state index in [1.54, 1.807) is 0 Å². The van der Waals surface area contributed by atoms with Crippen molar-refractivity contribution >= 4 is 5.69 Å². The van der Waals surface area contributed by atoms with Crippen molar-refractivity contribution in [1.82, 2.24) is 0 Å². The largest absolute Gasteiger partial charge is 0.493 e. The molecule has 2 aromatic rings.